The smallest absolute Gasteiger partial charge is 0.273 e. The van der Waals surface area contributed by atoms with Gasteiger partial charge < -0.3 is 4.57 Å². The van der Waals surface area contributed by atoms with Crippen molar-refractivity contribution in [2.24, 2.45) is 0 Å². The van der Waals surface area contributed by atoms with E-state index in [-0.39, 0.29) is 11.6 Å². The number of thioether (sulfide) groups is 2. The average Bonchev–Trinajstić information content (AvgIpc) is 3.23. The first-order valence-electron chi connectivity index (χ1n) is 7.94. The minimum absolute atomic E-state index is 0.200. The molecule has 0 aliphatic carbocycles. The molecule has 3 aromatic rings. The highest BCUT2D eigenvalue weighted by molar-refractivity contribution is 8.00. The molecular formula is C16H16N6OS2. The second-order valence-corrected chi connectivity index (χ2v) is 7.50. The van der Waals surface area contributed by atoms with Crippen LogP contribution < -0.4 is 5.56 Å². The molecule has 1 atom stereocenters. The van der Waals surface area contributed by atoms with Crippen molar-refractivity contribution in [3.63, 3.8) is 0 Å². The van der Waals surface area contributed by atoms with E-state index in [0.29, 0.717) is 0 Å². The third kappa shape index (κ3) is 3.21. The van der Waals surface area contributed by atoms with E-state index in [2.05, 4.69) is 24.7 Å². The summed E-state index contributed by atoms with van der Waals surface area (Å²) >= 11 is 3.31. The predicted octanol–water partition coefficient (Wildman–Crippen LogP) is 2.36. The Bertz CT molecular complexity index is 939. The first-order chi connectivity index (χ1) is 12.3. The summed E-state index contributed by atoms with van der Waals surface area (Å²) in [5, 5.41) is 10.3. The molecule has 0 saturated carbocycles. The number of nitrogens with zero attached hydrogens (tertiary/aromatic N) is 6. The lowest BCUT2D eigenvalue weighted by Gasteiger charge is -2.15. The van der Waals surface area contributed by atoms with Gasteiger partial charge in [0.25, 0.3) is 5.56 Å². The fourth-order valence-corrected chi connectivity index (χ4v) is 5.05. The van der Waals surface area contributed by atoms with Crippen LogP contribution in [0.4, 0.5) is 0 Å². The SMILES string of the molecule is CCn1ccc(=O)nc1SCC1CSc2nnc(-c3cccnc3)n21. The Labute approximate surface area is 152 Å². The zero-order valence-corrected chi connectivity index (χ0v) is 15.2. The van der Waals surface area contributed by atoms with E-state index in [1.165, 1.54) is 6.07 Å². The van der Waals surface area contributed by atoms with Crippen LogP contribution in [-0.4, -0.2) is 40.8 Å². The molecule has 128 valence electrons. The van der Waals surface area contributed by atoms with E-state index in [0.717, 1.165) is 39.8 Å². The first-order valence-corrected chi connectivity index (χ1v) is 9.91. The van der Waals surface area contributed by atoms with Gasteiger partial charge in [0.05, 0.1) is 6.04 Å². The molecule has 25 heavy (non-hydrogen) atoms. The number of pyridine rings is 1. The third-order valence-corrected chi connectivity index (χ3v) is 6.17. The molecule has 0 saturated heterocycles. The standard InChI is InChI=1S/C16H16N6OS2/c1-2-21-7-5-13(23)18-15(21)24-9-12-10-25-16-20-19-14(22(12)16)11-4-3-6-17-8-11/h3-8,12H,2,9-10H2,1H3. The van der Waals surface area contributed by atoms with Gasteiger partial charge in [0, 0.05) is 48.3 Å². The summed E-state index contributed by atoms with van der Waals surface area (Å²) in [7, 11) is 0. The second kappa shape index (κ2) is 7.01. The van der Waals surface area contributed by atoms with E-state index in [4.69, 9.17) is 0 Å². The van der Waals surface area contributed by atoms with Crippen LogP contribution in [0.3, 0.4) is 0 Å². The second-order valence-electron chi connectivity index (χ2n) is 5.53. The topological polar surface area (TPSA) is 78.5 Å². The molecular weight excluding hydrogens is 356 g/mol. The fourth-order valence-electron chi connectivity index (χ4n) is 2.70. The molecule has 1 aliphatic heterocycles. The monoisotopic (exact) mass is 372 g/mol. The molecule has 9 heteroatoms. The van der Waals surface area contributed by atoms with Crippen LogP contribution in [0.1, 0.15) is 13.0 Å². The molecule has 4 rings (SSSR count). The molecule has 0 bridgehead atoms. The maximum absolute atomic E-state index is 11.6. The van der Waals surface area contributed by atoms with Gasteiger partial charge in [-0.25, -0.2) is 0 Å². The molecule has 0 spiro atoms. The van der Waals surface area contributed by atoms with Crippen molar-refractivity contribution in [2.45, 2.75) is 29.8 Å². The fraction of sp³-hybridized carbons (Fsp3) is 0.312. The normalized spacial score (nSPS) is 16.1. The summed E-state index contributed by atoms with van der Waals surface area (Å²) in [5.74, 6) is 2.59. The Kier molecular flexibility index (Phi) is 4.58. The molecule has 3 aromatic heterocycles. The number of aryl methyl sites for hydroxylation is 1. The lowest BCUT2D eigenvalue weighted by molar-refractivity contribution is 0.592. The summed E-state index contributed by atoms with van der Waals surface area (Å²) in [5.41, 5.74) is 0.760. The largest absolute Gasteiger partial charge is 0.328 e. The van der Waals surface area contributed by atoms with Gasteiger partial charge in [-0.2, -0.15) is 4.98 Å². The number of hydrogen-bond donors (Lipinski definition) is 0. The van der Waals surface area contributed by atoms with Crippen LogP contribution in [0.5, 0.6) is 0 Å². The maximum atomic E-state index is 11.6. The molecule has 1 aliphatic rings. The zero-order chi connectivity index (χ0) is 17.2. The number of aromatic nitrogens is 6. The van der Waals surface area contributed by atoms with Crippen molar-refractivity contribution in [2.75, 3.05) is 11.5 Å². The van der Waals surface area contributed by atoms with E-state index in [1.54, 1.807) is 42.1 Å². The average molecular weight is 372 g/mol. The van der Waals surface area contributed by atoms with Gasteiger partial charge in [-0.05, 0) is 19.1 Å². The zero-order valence-electron chi connectivity index (χ0n) is 13.6. The molecule has 4 heterocycles. The van der Waals surface area contributed by atoms with Crippen LogP contribution in [-0.2, 0) is 6.54 Å². The van der Waals surface area contributed by atoms with Crippen molar-refractivity contribution in [1.29, 1.82) is 0 Å². The first kappa shape index (κ1) is 16.3. The molecule has 0 N–H and O–H groups in total. The highest BCUT2D eigenvalue weighted by atomic mass is 32.2. The molecule has 7 nitrogen and oxygen atoms in total. The Morgan fingerprint density at radius 1 is 1.36 bits per heavy atom. The highest BCUT2D eigenvalue weighted by Crippen LogP contribution is 2.38. The number of rotatable bonds is 5. The Hall–Kier alpha value is -2.13. The quantitative estimate of drug-likeness (QED) is 0.502. The molecule has 0 aromatic carbocycles. The van der Waals surface area contributed by atoms with Crippen molar-refractivity contribution in [1.82, 2.24) is 29.3 Å². The Morgan fingerprint density at radius 3 is 3.08 bits per heavy atom. The van der Waals surface area contributed by atoms with Crippen LogP contribution >= 0.6 is 23.5 Å². The third-order valence-electron chi connectivity index (χ3n) is 3.95. The van der Waals surface area contributed by atoms with Gasteiger partial charge in [0.2, 0.25) is 0 Å². The number of fused-ring (bicyclic) bond motifs is 1. The summed E-state index contributed by atoms with van der Waals surface area (Å²) in [6.07, 6.45) is 5.35. The molecule has 0 amide bonds. The van der Waals surface area contributed by atoms with Crippen LogP contribution in [0.2, 0.25) is 0 Å². The predicted molar refractivity (Wildman–Crippen MR) is 97.9 cm³/mol. The molecule has 0 fully saturated rings. The van der Waals surface area contributed by atoms with E-state index < -0.39 is 0 Å². The van der Waals surface area contributed by atoms with Crippen LogP contribution in [0, 0.1) is 0 Å². The minimum Gasteiger partial charge on any atom is -0.328 e. The van der Waals surface area contributed by atoms with Gasteiger partial charge >= 0.3 is 0 Å². The highest BCUT2D eigenvalue weighted by Gasteiger charge is 2.28. The maximum Gasteiger partial charge on any atom is 0.273 e. The van der Waals surface area contributed by atoms with Gasteiger partial charge in [-0.3, -0.25) is 14.3 Å². The Balaban J connectivity index is 1.59. The van der Waals surface area contributed by atoms with Crippen LogP contribution in [0.25, 0.3) is 11.4 Å². The van der Waals surface area contributed by atoms with Crippen molar-refractivity contribution in [3.05, 3.63) is 47.1 Å². The summed E-state index contributed by atoms with van der Waals surface area (Å²) in [6, 6.07) is 5.64. The van der Waals surface area contributed by atoms with E-state index in [9.17, 15) is 4.79 Å². The Morgan fingerprint density at radius 2 is 2.28 bits per heavy atom. The summed E-state index contributed by atoms with van der Waals surface area (Å²) < 4.78 is 4.16. The lowest BCUT2D eigenvalue weighted by Crippen LogP contribution is -2.15. The minimum atomic E-state index is -0.200. The van der Waals surface area contributed by atoms with Crippen molar-refractivity contribution >= 4 is 23.5 Å². The van der Waals surface area contributed by atoms with E-state index in [1.807, 2.05) is 23.6 Å². The summed E-state index contributed by atoms with van der Waals surface area (Å²) in [4.78, 5) is 19.9. The summed E-state index contributed by atoms with van der Waals surface area (Å²) in [6.45, 7) is 2.83. The van der Waals surface area contributed by atoms with E-state index >= 15 is 0 Å². The number of hydrogen-bond acceptors (Lipinski definition) is 7. The molecule has 1 unspecified atom stereocenters. The van der Waals surface area contributed by atoms with Gasteiger partial charge in [0.1, 0.15) is 0 Å². The molecule has 0 radical (unpaired) electrons. The van der Waals surface area contributed by atoms with Gasteiger partial charge in [-0.15, -0.1) is 10.2 Å². The van der Waals surface area contributed by atoms with Gasteiger partial charge in [0.15, 0.2) is 16.1 Å². The van der Waals surface area contributed by atoms with Crippen molar-refractivity contribution in [3.8, 4) is 11.4 Å². The van der Waals surface area contributed by atoms with Crippen molar-refractivity contribution < 1.29 is 0 Å². The lowest BCUT2D eigenvalue weighted by atomic mass is 10.2. The van der Waals surface area contributed by atoms with Gasteiger partial charge in [-0.1, -0.05) is 23.5 Å². The van der Waals surface area contributed by atoms with Crippen LogP contribution in [0.15, 0.2) is 51.9 Å².